The number of alkyl halides is 20. The minimum Gasteiger partial charge on any atom is -0.312 e. The van der Waals surface area contributed by atoms with E-state index >= 15 is 35.1 Å². The minimum atomic E-state index is -7.86. The number of nitrogens with zero attached hydrogens (tertiary/aromatic N) is 2. The quantitative estimate of drug-likeness (QED) is 0.131. The first-order valence-corrected chi connectivity index (χ1v) is 21.4. The van der Waals surface area contributed by atoms with Crippen molar-refractivity contribution in [3.8, 4) is 0 Å². The zero-order valence-electron chi connectivity index (χ0n) is 38.7. The van der Waals surface area contributed by atoms with Gasteiger partial charge in [0.25, 0.3) is 23.0 Å². The molecule has 2 aromatic carbocycles. The number of amides is 2. The lowest BCUT2D eigenvalue weighted by Crippen LogP contribution is -2.71. The van der Waals surface area contributed by atoms with Crippen molar-refractivity contribution in [3.63, 3.8) is 0 Å². The van der Waals surface area contributed by atoms with Crippen LogP contribution in [-0.2, 0) is 28.5 Å². The molecule has 2 amide bonds. The Balaban J connectivity index is 2.84. The molecule has 0 aliphatic carbocycles. The van der Waals surface area contributed by atoms with Crippen molar-refractivity contribution in [1.82, 2.24) is 0 Å². The molecule has 0 radical (unpaired) electrons. The molecule has 30 heteroatoms. The molecule has 0 aromatic heterocycles. The van der Waals surface area contributed by atoms with Gasteiger partial charge in [-0.1, -0.05) is 0 Å². The second kappa shape index (κ2) is 19.2. The lowest BCUT2D eigenvalue weighted by Gasteiger charge is -2.46. The van der Waals surface area contributed by atoms with Crippen LogP contribution in [0.15, 0.2) is 0 Å². The van der Waals surface area contributed by atoms with Crippen molar-refractivity contribution in [2.24, 2.45) is 0 Å². The zero-order valence-corrected chi connectivity index (χ0v) is 43.0. The van der Waals surface area contributed by atoms with Gasteiger partial charge in [0.15, 0.2) is 0 Å². The molecule has 0 aliphatic rings. The smallest absolute Gasteiger partial charge is 0.312 e. The molecule has 0 heterocycles. The van der Waals surface area contributed by atoms with Crippen molar-refractivity contribution in [1.29, 1.82) is 0 Å². The van der Waals surface area contributed by atoms with Crippen molar-refractivity contribution < 1.29 is 116 Å². The van der Waals surface area contributed by atoms with Gasteiger partial charge in [-0.05, 0) is 173 Å². The van der Waals surface area contributed by atoms with Crippen LogP contribution in [0.5, 0.6) is 0 Å². The molecule has 70 heavy (non-hydrogen) atoms. The summed E-state index contributed by atoms with van der Waals surface area (Å²) in [4.78, 5) is 26.9. The van der Waals surface area contributed by atoms with Gasteiger partial charge in [0.05, 0.1) is 0 Å². The molecule has 0 bridgehead atoms. The van der Waals surface area contributed by atoms with Gasteiger partial charge in [-0.3, -0.25) is 28.5 Å². The van der Waals surface area contributed by atoms with Gasteiger partial charge in [0.1, 0.15) is 0 Å². The van der Waals surface area contributed by atoms with Crippen LogP contribution in [0.1, 0.15) is 72.2 Å². The maximum absolute atomic E-state index is 15.8. The van der Waals surface area contributed by atoms with Crippen LogP contribution in [0, 0.1) is 62.5 Å². The molecule has 0 spiro atoms. The molecule has 0 N–H and O–H groups in total. The number of hydrogen-bond donors (Lipinski definition) is 0. The number of carbonyl (C=O) groups is 2. The van der Waals surface area contributed by atoms with E-state index in [0.717, 1.165) is 0 Å². The summed E-state index contributed by atoms with van der Waals surface area (Å²) in [6, 6.07) is 0. The fourth-order valence-corrected chi connectivity index (χ4v) is 8.31. The van der Waals surface area contributed by atoms with Crippen molar-refractivity contribution in [2.75, 3.05) is 23.9 Å². The molecular weight excluding hydrogens is 1240 g/mol. The van der Waals surface area contributed by atoms with Crippen molar-refractivity contribution in [2.45, 2.75) is 155 Å². The van der Waals surface area contributed by atoms with Gasteiger partial charge in [-0.15, -0.1) is 0 Å². The molecule has 402 valence electrons. The van der Waals surface area contributed by atoms with E-state index in [4.69, 9.17) is 0 Å². The normalized spacial score (nSPS) is 17.4. The number of rotatable bonds is 15. The Labute approximate surface area is 413 Å². The monoisotopic (exact) mass is 1280 g/mol. The van der Waals surface area contributed by atoms with Gasteiger partial charge < -0.3 is 9.80 Å². The van der Waals surface area contributed by atoms with Gasteiger partial charge in [-0.2, -0.15) is 87.8 Å². The van der Waals surface area contributed by atoms with Crippen LogP contribution in [0.3, 0.4) is 0 Å². The summed E-state index contributed by atoms with van der Waals surface area (Å²) in [6.07, 6.45) is -58.2. The fourth-order valence-electron chi connectivity index (χ4n) is 6.69. The predicted molar refractivity (Wildman–Crippen MR) is 225 cm³/mol. The lowest BCUT2D eigenvalue weighted by molar-refractivity contribution is -0.546. The zero-order chi connectivity index (χ0) is 56.1. The first kappa shape index (κ1) is 63.4. The average molecular weight is 1280 g/mol. The third kappa shape index (κ3) is 10.5. The van der Waals surface area contributed by atoms with E-state index in [9.17, 15) is 62.3 Å². The summed E-state index contributed by atoms with van der Waals surface area (Å²) >= 11 is 3.57. The van der Waals surface area contributed by atoms with Gasteiger partial charge in [-0.25, -0.2) is 0 Å². The van der Waals surface area contributed by atoms with Crippen LogP contribution < -0.4 is 9.80 Å². The molecule has 0 saturated carbocycles. The fraction of sp³-hybridized carbons (Fsp3) is 0.650. The number of halogens is 22. The Morgan fingerprint density at radius 1 is 0.357 bits per heavy atom. The Hall–Kier alpha value is -2.72. The van der Waals surface area contributed by atoms with E-state index in [-0.39, 0.29) is 54.3 Å². The average Bonchev–Trinajstić information content (AvgIpc) is 3.17. The topological polar surface area (TPSA) is 77.5 Å². The highest BCUT2D eigenvalue weighted by Crippen LogP contribution is 2.57. The summed E-state index contributed by atoms with van der Waals surface area (Å²) in [5.74, 6) is -5.44. The number of ether oxygens (including phenoxy) is 4. The number of benzene rings is 2. The summed E-state index contributed by atoms with van der Waals surface area (Å²) in [5, 5.41) is 0. The SMILES string of the molecule is Cc1c(C)c(N(C)C(=O)C(C)(OC(F)(F)C(C)(OC(F)(F)C(F)(F)OC(C)(C(F)(F)F)C(F)(F)OC(C)(C(=O)N(C)c2c(C)c(C)c(I)c(C)c2C)C(F)(F)F)C(F)(F)F)C(F)(F)F)c(C)c(C)c1I. The standard InChI is InChI=1S/C40H42F20I2N2O6/c1-15-19(5)25(20(6)16(2)23(15)61)63(13)27(65)29(9,33(41,42)43)67-37(53,54)31(11,35(47,48)49)69-39(57,58)40(59,60)70-32(12,36(50,51)52)38(55,56)68-30(10,34(44,45)46)28(66)64(14)26-21(7)17(3)24(62)18(4)22(26)8/h1-14H3. The molecule has 4 atom stereocenters. The maximum atomic E-state index is 15.8. The first-order valence-electron chi connectivity index (χ1n) is 19.2. The van der Waals surface area contributed by atoms with E-state index in [1.54, 1.807) is 45.2 Å². The van der Waals surface area contributed by atoms with Crippen LogP contribution in [0.2, 0.25) is 0 Å². The molecule has 0 fully saturated rings. The molecule has 0 aliphatic heterocycles. The second-order valence-electron chi connectivity index (χ2n) is 16.7. The summed E-state index contributed by atoms with van der Waals surface area (Å²) < 4.78 is 313. The predicted octanol–water partition coefficient (Wildman–Crippen LogP) is 13.7. The summed E-state index contributed by atoms with van der Waals surface area (Å²) in [7, 11) is 0.965. The van der Waals surface area contributed by atoms with Gasteiger partial charge in [0, 0.05) is 32.6 Å². The van der Waals surface area contributed by atoms with Crippen LogP contribution in [-0.4, -0.2) is 97.5 Å². The third-order valence-corrected chi connectivity index (χ3v) is 15.3. The van der Waals surface area contributed by atoms with Crippen molar-refractivity contribution in [3.05, 3.63) is 51.6 Å². The number of hydrogen-bond acceptors (Lipinski definition) is 6. The van der Waals surface area contributed by atoms with E-state index in [2.05, 4.69) is 18.9 Å². The van der Waals surface area contributed by atoms with E-state index in [0.29, 0.717) is 21.2 Å². The molecule has 8 nitrogen and oxygen atoms in total. The third-order valence-electron chi connectivity index (χ3n) is 12.0. The van der Waals surface area contributed by atoms with E-state index in [1.807, 2.05) is 0 Å². The molecule has 4 unspecified atom stereocenters. The van der Waals surface area contributed by atoms with Gasteiger partial charge in [0.2, 0.25) is 11.2 Å². The Bertz CT molecular complexity index is 2150. The molecule has 2 aromatic rings. The highest BCUT2D eigenvalue weighted by molar-refractivity contribution is 14.1. The second-order valence-corrected chi connectivity index (χ2v) is 18.8. The largest absolute Gasteiger partial charge is 0.449 e. The van der Waals surface area contributed by atoms with Crippen molar-refractivity contribution >= 4 is 68.4 Å². The highest BCUT2D eigenvalue weighted by atomic mass is 127. The molecular formula is C40H42F20I2N2O6. The summed E-state index contributed by atoms with van der Waals surface area (Å²) in [6.45, 7) is 6.18. The van der Waals surface area contributed by atoms with Gasteiger partial charge >= 0.3 is 49.1 Å². The lowest BCUT2D eigenvalue weighted by atomic mass is 9.95. The van der Waals surface area contributed by atoms with Crippen LogP contribution in [0.25, 0.3) is 0 Å². The van der Waals surface area contributed by atoms with Crippen LogP contribution in [0.4, 0.5) is 99.2 Å². The number of carbonyl (C=O) groups excluding carboxylic acids is 2. The number of anilines is 2. The van der Waals surface area contributed by atoms with E-state index in [1.165, 1.54) is 55.4 Å². The Morgan fingerprint density at radius 2 is 0.557 bits per heavy atom. The van der Waals surface area contributed by atoms with Crippen LogP contribution >= 0.6 is 45.2 Å². The number of likely N-dealkylation sites (N-methyl/N-ethyl adjacent to an activating group) is 2. The highest BCUT2D eigenvalue weighted by Gasteiger charge is 2.82. The Morgan fingerprint density at radius 3 is 0.729 bits per heavy atom. The Kier molecular flexibility index (Phi) is 17.4. The molecule has 2 rings (SSSR count). The maximum Gasteiger partial charge on any atom is 0.449 e. The molecule has 0 saturated heterocycles. The van der Waals surface area contributed by atoms with E-state index < -0.39 is 122 Å². The first-order chi connectivity index (χ1) is 30.6. The minimum absolute atomic E-state index is 0.0221. The summed E-state index contributed by atoms with van der Waals surface area (Å²) in [5.41, 5.74) is -24.0.